The third-order valence-corrected chi connectivity index (χ3v) is 3.94. The molecule has 3 N–H and O–H groups in total. The number of hydrogen-bond acceptors (Lipinski definition) is 8. The van der Waals surface area contributed by atoms with E-state index in [9.17, 15) is 0 Å². The summed E-state index contributed by atoms with van der Waals surface area (Å²) in [5, 5.41) is 11.4. The van der Waals surface area contributed by atoms with Gasteiger partial charge in [-0.25, -0.2) is 4.63 Å². The molecule has 0 atom stereocenters. The van der Waals surface area contributed by atoms with Crippen LogP contribution in [0.5, 0.6) is 0 Å². The second-order valence-electron chi connectivity index (χ2n) is 4.34. The number of aromatic nitrogens is 4. The van der Waals surface area contributed by atoms with Gasteiger partial charge >= 0.3 is 0 Å². The third kappa shape index (κ3) is 1.88. The maximum atomic E-state index is 6.26. The average Bonchev–Trinajstić information content (AvgIpc) is 3.13. The van der Waals surface area contributed by atoms with Crippen LogP contribution < -0.4 is 11.1 Å². The van der Waals surface area contributed by atoms with Crippen LogP contribution >= 0.6 is 23.3 Å². The van der Waals surface area contributed by atoms with Gasteiger partial charge < -0.3 is 11.1 Å². The molecule has 0 saturated heterocycles. The van der Waals surface area contributed by atoms with Crippen LogP contribution in [0.2, 0.25) is 5.02 Å². The van der Waals surface area contributed by atoms with Gasteiger partial charge in [0.05, 0.1) is 33.8 Å². The van der Waals surface area contributed by atoms with Gasteiger partial charge in [-0.05, 0) is 34.6 Å². The summed E-state index contributed by atoms with van der Waals surface area (Å²) in [4.78, 5) is 0. The highest BCUT2D eigenvalue weighted by atomic mass is 35.5. The van der Waals surface area contributed by atoms with E-state index in [1.807, 2.05) is 6.07 Å². The predicted octanol–water partition coefficient (Wildman–Crippen LogP) is 3.21. The Morgan fingerprint density at radius 1 is 1.05 bits per heavy atom. The average molecular weight is 319 g/mol. The van der Waals surface area contributed by atoms with Crippen LogP contribution in [0.3, 0.4) is 0 Å². The third-order valence-electron chi connectivity index (χ3n) is 3.08. The number of nitrogens with two attached hydrogens (primary N) is 1. The fourth-order valence-electron chi connectivity index (χ4n) is 2.07. The van der Waals surface area contributed by atoms with Crippen molar-refractivity contribution in [3.63, 3.8) is 0 Å². The van der Waals surface area contributed by atoms with Crippen molar-refractivity contribution in [3.05, 3.63) is 29.3 Å². The topological polar surface area (TPSA) is 103 Å². The van der Waals surface area contributed by atoms with Gasteiger partial charge in [0.15, 0.2) is 11.0 Å². The molecular formula is C12H7ClN6OS. The molecule has 104 valence electrons. The minimum absolute atomic E-state index is 0.497. The van der Waals surface area contributed by atoms with Crippen molar-refractivity contribution in [3.8, 4) is 0 Å². The molecule has 0 unspecified atom stereocenters. The summed E-state index contributed by atoms with van der Waals surface area (Å²) in [6.07, 6.45) is 0. The number of nitrogens with one attached hydrogen (secondary N) is 1. The lowest BCUT2D eigenvalue weighted by atomic mass is 10.2. The molecule has 0 amide bonds. The molecule has 0 aliphatic carbocycles. The lowest BCUT2D eigenvalue weighted by Crippen LogP contribution is -1.95. The van der Waals surface area contributed by atoms with Gasteiger partial charge in [-0.15, -0.1) is 0 Å². The molecule has 21 heavy (non-hydrogen) atoms. The highest BCUT2D eigenvalue weighted by Gasteiger charge is 2.14. The maximum absolute atomic E-state index is 6.26. The van der Waals surface area contributed by atoms with Crippen LogP contribution in [-0.4, -0.2) is 19.1 Å². The molecule has 4 rings (SSSR count). The van der Waals surface area contributed by atoms with Gasteiger partial charge in [0.25, 0.3) is 0 Å². The summed E-state index contributed by atoms with van der Waals surface area (Å²) in [7, 11) is 0. The van der Waals surface area contributed by atoms with E-state index in [0.717, 1.165) is 17.2 Å². The molecule has 0 aliphatic rings. The lowest BCUT2D eigenvalue weighted by molar-refractivity contribution is 0.316. The summed E-state index contributed by atoms with van der Waals surface area (Å²) in [5.74, 6) is 0. The Labute approximate surface area is 127 Å². The van der Waals surface area contributed by atoms with E-state index < -0.39 is 0 Å². The molecular weight excluding hydrogens is 312 g/mol. The second kappa shape index (κ2) is 4.54. The standard InChI is InChI=1S/C12H7ClN6OS/c13-5-1-3-8-12(19-21-18-8)9(5)15-7-4-2-6(14)10-11(7)17-20-16-10/h1-4,15H,14H2. The summed E-state index contributed by atoms with van der Waals surface area (Å²) < 4.78 is 13.2. The molecule has 0 fully saturated rings. The molecule has 9 heteroatoms. The number of nitrogens with zero attached hydrogens (tertiary/aromatic N) is 4. The molecule has 2 heterocycles. The van der Waals surface area contributed by atoms with E-state index in [0.29, 0.717) is 38.6 Å². The Kier molecular flexibility index (Phi) is 2.66. The normalized spacial score (nSPS) is 11.3. The maximum Gasteiger partial charge on any atom is 0.160 e. The number of fused-ring (bicyclic) bond motifs is 2. The Hall–Kier alpha value is -2.45. The number of rotatable bonds is 2. The summed E-state index contributed by atoms with van der Waals surface area (Å²) in [5.41, 5.74) is 10.2. The Bertz CT molecular complexity index is 965. The smallest absolute Gasteiger partial charge is 0.160 e. The van der Waals surface area contributed by atoms with E-state index in [1.54, 1.807) is 18.2 Å². The van der Waals surface area contributed by atoms with Gasteiger partial charge in [-0.2, -0.15) is 8.75 Å². The number of nitrogen functional groups attached to an aromatic ring is 1. The Morgan fingerprint density at radius 3 is 2.81 bits per heavy atom. The molecule has 7 nitrogen and oxygen atoms in total. The first kappa shape index (κ1) is 12.3. The van der Waals surface area contributed by atoms with Crippen molar-refractivity contribution in [1.82, 2.24) is 19.1 Å². The zero-order valence-electron chi connectivity index (χ0n) is 10.4. The Balaban J connectivity index is 1.91. The summed E-state index contributed by atoms with van der Waals surface area (Å²) >= 11 is 7.39. The number of halogens is 1. The van der Waals surface area contributed by atoms with Crippen molar-refractivity contribution < 1.29 is 4.63 Å². The van der Waals surface area contributed by atoms with Gasteiger partial charge in [0.1, 0.15) is 11.0 Å². The van der Waals surface area contributed by atoms with Crippen LogP contribution in [0.1, 0.15) is 0 Å². The number of anilines is 3. The van der Waals surface area contributed by atoms with Crippen molar-refractivity contribution in [1.29, 1.82) is 0 Å². The highest BCUT2D eigenvalue weighted by Crippen LogP contribution is 2.35. The van der Waals surface area contributed by atoms with Gasteiger partial charge in [-0.3, -0.25) is 0 Å². The predicted molar refractivity (Wildman–Crippen MR) is 81.9 cm³/mol. The van der Waals surface area contributed by atoms with Crippen molar-refractivity contribution in [2.75, 3.05) is 11.1 Å². The van der Waals surface area contributed by atoms with Gasteiger partial charge in [0, 0.05) is 0 Å². The van der Waals surface area contributed by atoms with Crippen molar-refractivity contribution in [2.45, 2.75) is 0 Å². The molecule has 2 aromatic carbocycles. The molecule has 0 saturated carbocycles. The zero-order chi connectivity index (χ0) is 14.4. The van der Waals surface area contributed by atoms with Crippen LogP contribution in [0.25, 0.3) is 22.1 Å². The lowest BCUT2D eigenvalue weighted by Gasteiger charge is -2.09. The highest BCUT2D eigenvalue weighted by molar-refractivity contribution is 7.00. The van der Waals surface area contributed by atoms with E-state index in [4.69, 9.17) is 22.0 Å². The molecule has 0 bridgehead atoms. The molecule has 4 aromatic rings. The molecule has 0 aliphatic heterocycles. The number of hydrogen-bond donors (Lipinski definition) is 2. The van der Waals surface area contributed by atoms with Crippen LogP contribution in [0.15, 0.2) is 28.9 Å². The van der Waals surface area contributed by atoms with Crippen LogP contribution in [0.4, 0.5) is 17.1 Å². The molecule has 2 aromatic heterocycles. The minimum Gasteiger partial charge on any atom is -0.397 e. The van der Waals surface area contributed by atoms with Gasteiger partial charge in [0.2, 0.25) is 0 Å². The van der Waals surface area contributed by atoms with Gasteiger partial charge in [-0.1, -0.05) is 11.6 Å². The SMILES string of the molecule is Nc1ccc(Nc2c(Cl)ccc3nsnc23)c2nonc12. The monoisotopic (exact) mass is 318 g/mol. The zero-order valence-corrected chi connectivity index (χ0v) is 11.9. The Morgan fingerprint density at radius 2 is 1.90 bits per heavy atom. The number of benzene rings is 2. The fraction of sp³-hybridized carbons (Fsp3) is 0. The summed E-state index contributed by atoms with van der Waals surface area (Å²) in [6, 6.07) is 7.10. The first-order chi connectivity index (χ1) is 10.2. The largest absolute Gasteiger partial charge is 0.397 e. The first-order valence-electron chi connectivity index (χ1n) is 5.92. The quantitative estimate of drug-likeness (QED) is 0.547. The molecule has 0 radical (unpaired) electrons. The fourth-order valence-corrected chi connectivity index (χ4v) is 2.81. The first-order valence-corrected chi connectivity index (χ1v) is 7.03. The van der Waals surface area contributed by atoms with E-state index >= 15 is 0 Å². The molecule has 0 spiro atoms. The van der Waals surface area contributed by atoms with E-state index in [1.165, 1.54) is 0 Å². The second-order valence-corrected chi connectivity index (χ2v) is 5.28. The van der Waals surface area contributed by atoms with E-state index in [2.05, 4.69) is 24.4 Å². The van der Waals surface area contributed by atoms with Crippen LogP contribution in [-0.2, 0) is 0 Å². The minimum atomic E-state index is 0.497. The van der Waals surface area contributed by atoms with Crippen molar-refractivity contribution >= 4 is 62.5 Å². The summed E-state index contributed by atoms with van der Waals surface area (Å²) in [6.45, 7) is 0. The van der Waals surface area contributed by atoms with Crippen molar-refractivity contribution in [2.24, 2.45) is 0 Å². The van der Waals surface area contributed by atoms with E-state index in [-0.39, 0.29) is 0 Å². The van der Waals surface area contributed by atoms with Crippen LogP contribution in [0, 0.1) is 0 Å².